The van der Waals surface area contributed by atoms with Crippen LogP contribution in [0.25, 0.3) is 0 Å². The molecular weight excluding hydrogens is 384 g/mol. The van der Waals surface area contributed by atoms with Gasteiger partial charge in [-0.25, -0.2) is 0 Å². The zero-order valence-corrected chi connectivity index (χ0v) is 20.6. The molecule has 0 radical (unpaired) electrons. The van der Waals surface area contributed by atoms with Gasteiger partial charge in [-0.05, 0) is 59.2 Å². The molecule has 0 N–H and O–H groups in total. The van der Waals surface area contributed by atoms with E-state index in [1.54, 1.807) is 0 Å². The average Bonchev–Trinajstić information content (AvgIpc) is 2.84. The number of benzene rings is 3. The molecule has 0 fully saturated rings. The summed E-state index contributed by atoms with van der Waals surface area (Å²) in [6.45, 7) is 13.7. The Balaban J connectivity index is 2.16. The number of hydrogen-bond donors (Lipinski definition) is 0. The van der Waals surface area contributed by atoms with Crippen molar-refractivity contribution < 1.29 is 0 Å². The van der Waals surface area contributed by atoms with Crippen molar-refractivity contribution in [3.8, 4) is 0 Å². The summed E-state index contributed by atoms with van der Waals surface area (Å²) in [5.41, 5.74) is 9.82. The predicted molar refractivity (Wildman–Crippen MR) is 141 cm³/mol. The third kappa shape index (κ3) is 5.30. The van der Waals surface area contributed by atoms with E-state index in [0.717, 1.165) is 6.42 Å². The smallest absolute Gasteiger partial charge is 0.00638 e. The topological polar surface area (TPSA) is 0 Å². The first kappa shape index (κ1) is 23.8. The maximum absolute atomic E-state index is 2.46. The highest BCUT2D eigenvalue weighted by atomic mass is 14.3. The van der Waals surface area contributed by atoms with Gasteiger partial charge in [-0.2, -0.15) is 0 Å². The van der Waals surface area contributed by atoms with Gasteiger partial charge in [0.15, 0.2) is 0 Å². The molecule has 3 atom stereocenters. The molecule has 0 bridgehead atoms. The van der Waals surface area contributed by atoms with Crippen LogP contribution in [0.4, 0.5) is 0 Å². The Morgan fingerprint density at radius 2 is 1.22 bits per heavy atom. The van der Waals surface area contributed by atoms with Gasteiger partial charge in [0.05, 0.1) is 0 Å². The highest BCUT2D eigenvalue weighted by molar-refractivity contribution is 5.50. The zero-order chi connectivity index (χ0) is 23.1. The molecule has 3 aromatic rings. The van der Waals surface area contributed by atoms with E-state index in [0.29, 0.717) is 17.8 Å². The third-order valence-electron chi connectivity index (χ3n) is 6.92. The minimum Gasteiger partial charge on any atom is -0.0845 e. The van der Waals surface area contributed by atoms with Crippen LogP contribution in [-0.2, 0) is 0 Å². The summed E-state index contributed by atoms with van der Waals surface area (Å²) in [6, 6.07) is 26.7. The largest absolute Gasteiger partial charge is 0.0845 e. The van der Waals surface area contributed by atoms with E-state index in [2.05, 4.69) is 133 Å². The van der Waals surface area contributed by atoms with E-state index in [1.165, 1.54) is 39.0 Å². The van der Waals surface area contributed by atoms with Crippen LogP contribution in [0.3, 0.4) is 0 Å². The Bertz CT molecular complexity index is 987. The SMILES string of the molecule is C/C=C(\C=C/CC)C(C)c1cc(C(C)c2ccccc2)c(C)c(C(C)c2ccccc2)c1. The lowest BCUT2D eigenvalue weighted by Crippen LogP contribution is -2.09. The van der Waals surface area contributed by atoms with Gasteiger partial charge in [-0.3, -0.25) is 0 Å². The number of allylic oxidation sites excluding steroid dienone is 4. The molecule has 0 amide bonds. The molecule has 3 rings (SSSR count). The van der Waals surface area contributed by atoms with Crippen molar-refractivity contribution in [3.05, 3.63) is 130 Å². The molecule has 3 unspecified atom stereocenters. The minimum atomic E-state index is 0.352. The van der Waals surface area contributed by atoms with Crippen molar-refractivity contribution >= 4 is 0 Å². The highest BCUT2D eigenvalue weighted by Crippen LogP contribution is 2.38. The first-order valence-electron chi connectivity index (χ1n) is 12.0. The van der Waals surface area contributed by atoms with Crippen molar-refractivity contribution in [1.82, 2.24) is 0 Å². The second-order valence-electron chi connectivity index (χ2n) is 8.91. The van der Waals surface area contributed by atoms with Crippen LogP contribution >= 0.6 is 0 Å². The van der Waals surface area contributed by atoms with Crippen LogP contribution in [0.2, 0.25) is 0 Å². The lowest BCUT2D eigenvalue weighted by molar-refractivity contribution is 0.839. The first-order valence-corrected chi connectivity index (χ1v) is 12.0. The molecular formula is C32H38. The quantitative estimate of drug-likeness (QED) is 0.317. The summed E-state index contributed by atoms with van der Waals surface area (Å²) in [7, 11) is 0. The van der Waals surface area contributed by atoms with Gasteiger partial charge in [-0.15, -0.1) is 0 Å². The number of rotatable bonds is 8. The van der Waals surface area contributed by atoms with E-state index in [9.17, 15) is 0 Å². The van der Waals surface area contributed by atoms with Crippen molar-refractivity contribution in [2.45, 2.75) is 65.7 Å². The molecule has 0 saturated carbocycles. The predicted octanol–water partition coefficient (Wildman–Crippen LogP) is 9.31. The Morgan fingerprint density at radius 1 is 0.750 bits per heavy atom. The van der Waals surface area contributed by atoms with Gasteiger partial charge >= 0.3 is 0 Å². The molecule has 0 saturated heterocycles. The molecule has 166 valence electrons. The van der Waals surface area contributed by atoms with Gasteiger partial charge in [0.2, 0.25) is 0 Å². The third-order valence-corrected chi connectivity index (χ3v) is 6.92. The highest BCUT2D eigenvalue weighted by Gasteiger charge is 2.21. The second-order valence-corrected chi connectivity index (χ2v) is 8.91. The molecule has 0 aromatic heterocycles. The van der Waals surface area contributed by atoms with Gasteiger partial charge in [-0.1, -0.05) is 119 Å². The van der Waals surface area contributed by atoms with Crippen LogP contribution in [-0.4, -0.2) is 0 Å². The summed E-state index contributed by atoms with van der Waals surface area (Å²) in [4.78, 5) is 0. The van der Waals surface area contributed by atoms with Crippen molar-refractivity contribution in [2.24, 2.45) is 0 Å². The molecule has 0 heterocycles. The molecule has 0 aliphatic heterocycles. The fourth-order valence-corrected chi connectivity index (χ4v) is 4.71. The standard InChI is InChI=1S/C32H38/c1-7-9-16-27(8-2)23(3)30-21-31(24(4)28-17-12-10-13-18-28)26(6)32(22-30)25(5)29-19-14-11-15-20-29/h8-25H,7H2,1-6H3/b16-9-,27-8+. The minimum absolute atomic E-state index is 0.352. The van der Waals surface area contributed by atoms with E-state index < -0.39 is 0 Å². The van der Waals surface area contributed by atoms with Crippen molar-refractivity contribution in [1.29, 1.82) is 0 Å². The van der Waals surface area contributed by atoms with Crippen LogP contribution < -0.4 is 0 Å². The van der Waals surface area contributed by atoms with Crippen LogP contribution in [0.1, 0.15) is 92.2 Å². The lowest BCUT2D eigenvalue weighted by atomic mass is 9.79. The maximum Gasteiger partial charge on any atom is 0.00638 e. The summed E-state index contributed by atoms with van der Waals surface area (Å²) < 4.78 is 0. The normalized spacial score (nSPS) is 15.0. The Hall–Kier alpha value is -2.86. The van der Waals surface area contributed by atoms with Gasteiger partial charge in [0.1, 0.15) is 0 Å². The van der Waals surface area contributed by atoms with Gasteiger partial charge < -0.3 is 0 Å². The summed E-state index contributed by atoms with van der Waals surface area (Å²) >= 11 is 0. The van der Waals surface area contributed by atoms with Crippen LogP contribution in [0.5, 0.6) is 0 Å². The zero-order valence-electron chi connectivity index (χ0n) is 20.6. The molecule has 0 aliphatic carbocycles. The molecule has 0 spiro atoms. The van der Waals surface area contributed by atoms with E-state index in [4.69, 9.17) is 0 Å². The molecule has 0 aliphatic rings. The lowest BCUT2D eigenvalue weighted by Gasteiger charge is -2.25. The summed E-state index contributed by atoms with van der Waals surface area (Å²) in [5.74, 6) is 1.06. The Morgan fingerprint density at radius 3 is 1.62 bits per heavy atom. The van der Waals surface area contributed by atoms with Gasteiger partial charge in [0, 0.05) is 17.8 Å². The number of hydrogen-bond acceptors (Lipinski definition) is 0. The first-order chi connectivity index (χ1) is 15.5. The van der Waals surface area contributed by atoms with E-state index in [-0.39, 0.29) is 0 Å². The molecule has 0 nitrogen and oxygen atoms in total. The molecule has 32 heavy (non-hydrogen) atoms. The Labute approximate surface area is 195 Å². The molecule has 3 aromatic carbocycles. The second kappa shape index (κ2) is 11.1. The van der Waals surface area contributed by atoms with Crippen molar-refractivity contribution in [3.63, 3.8) is 0 Å². The fourth-order valence-electron chi connectivity index (χ4n) is 4.71. The monoisotopic (exact) mass is 422 g/mol. The summed E-state index contributed by atoms with van der Waals surface area (Å²) in [6.07, 6.45) is 7.88. The van der Waals surface area contributed by atoms with Crippen molar-refractivity contribution in [2.75, 3.05) is 0 Å². The average molecular weight is 423 g/mol. The van der Waals surface area contributed by atoms with Crippen LogP contribution in [0, 0.1) is 6.92 Å². The van der Waals surface area contributed by atoms with Crippen LogP contribution in [0.15, 0.2) is 96.6 Å². The summed E-state index contributed by atoms with van der Waals surface area (Å²) in [5, 5.41) is 0. The maximum atomic E-state index is 2.46. The molecule has 0 heteroatoms. The Kier molecular flexibility index (Phi) is 8.28. The fraction of sp³-hybridized carbons (Fsp3) is 0.312. The van der Waals surface area contributed by atoms with Gasteiger partial charge in [0.25, 0.3) is 0 Å². The van der Waals surface area contributed by atoms with E-state index in [1.807, 2.05) is 0 Å². The van der Waals surface area contributed by atoms with E-state index >= 15 is 0 Å².